The van der Waals surface area contributed by atoms with Crippen LogP contribution in [-0.4, -0.2) is 16.9 Å². The lowest BCUT2D eigenvalue weighted by atomic mass is 10.1. The minimum absolute atomic E-state index is 0.216. The summed E-state index contributed by atoms with van der Waals surface area (Å²) in [5.41, 5.74) is 6.98. The standard InChI is InChI=1S/C13H14ClN3O/c1-2-10(15)13(18)17-11-6-5-9(14)8-4-3-7-16-12(8)11/h3-7,10H,2,15H2,1H3,(H,17,18). The zero-order chi connectivity index (χ0) is 13.1. The van der Waals surface area contributed by atoms with Crippen LogP contribution in [0.3, 0.4) is 0 Å². The van der Waals surface area contributed by atoms with Gasteiger partial charge in [-0.25, -0.2) is 0 Å². The summed E-state index contributed by atoms with van der Waals surface area (Å²) < 4.78 is 0. The third-order valence-electron chi connectivity index (χ3n) is 2.75. The van der Waals surface area contributed by atoms with E-state index in [0.717, 1.165) is 5.39 Å². The van der Waals surface area contributed by atoms with E-state index in [0.29, 0.717) is 22.6 Å². The Balaban J connectivity index is 2.40. The first-order valence-electron chi connectivity index (χ1n) is 5.73. The molecule has 0 radical (unpaired) electrons. The molecule has 0 fully saturated rings. The maximum Gasteiger partial charge on any atom is 0.241 e. The van der Waals surface area contributed by atoms with Crippen molar-refractivity contribution in [3.8, 4) is 0 Å². The van der Waals surface area contributed by atoms with Crippen molar-refractivity contribution >= 4 is 34.1 Å². The van der Waals surface area contributed by atoms with E-state index in [1.807, 2.05) is 13.0 Å². The molecule has 0 spiro atoms. The molecule has 2 rings (SSSR count). The van der Waals surface area contributed by atoms with E-state index >= 15 is 0 Å². The molecular formula is C13H14ClN3O. The highest BCUT2D eigenvalue weighted by molar-refractivity contribution is 6.35. The first-order valence-corrected chi connectivity index (χ1v) is 6.11. The van der Waals surface area contributed by atoms with Crippen molar-refractivity contribution in [3.63, 3.8) is 0 Å². The number of halogens is 1. The molecule has 0 aliphatic rings. The topological polar surface area (TPSA) is 68.0 Å². The van der Waals surface area contributed by atoms with E-state index in [1.54, 1.807) is 24.4 Å². The summed E-state index contributed by atoms with van der Waals surface area (Å²) >= 11 is 6.08. The van der Waals surface area contributed by atoms with Gasteiger partial charge in [-0.05, 0) is 30.7 Å². The number of nitrogens with two attached hydrogens (primary N) is 1. The molecule has 1 heterocycles. The van der Waals surface area contributed by atoms with Crippen LogP contribution in [0.2, 0.25) is 5.02 Å². The Hall–Kier alpha value is -1.65. The molecule has 2 aromatic rings. The molecule has 18 heavy (non-hydrogen) atoms. The molecule has 1 unspecified atom stereocenters. The number of aromatic nitrogens is 1. The summed E-state index contributed by atoms with van der Waals surface area (Å²) in [4.78, 5) is 16.0. The van der Waals surface area contributed by atoms with Crippen LogP contribution in [0.15, 0.2) is 30.5 Å². The Morgan fingerprint density at radius 1 is 1.50 bits per heavy atom. The molecule has 0 bridgehead atoms. The Morgan fingerprint density at radius 2 is 2.28 bits per heavy atom. The fourth-order valence-electron chi connectivity index (χ4n) is 1.65. The number of benzene rings is 1. The molecule has 4 nitrogen and oxygen atoms in total. The predicted molar refractivity (Wildman–Crippen MR) is 73.6 cm³/mol. The number of carbonyl (C=O) groups is 1. The van der Waals surface area contributed by atoms with E-state index < -0.39 is 6.04 Å². The van der Waals surface area contributed by atoms with Crippen molar-refractivity contribution in [3.05, 3.63) is 35.5 Å². The van der Waals surface area contributed by atoms with Gasteiger partial charge >= 0.3 is 0 Å². The minimum Gasteiger partial charge on any atom is -0.323 e. The number of carbonyl (C=O) groups excluding carboxylic acids is 1. The number of hydrogen-bond acceptors (Lipinski definition) is 3. The lowest BCUT2D eigenvalue weighted by Crippen LogP contribution is -2.34. The molecule has 1 amide bonds. The van der Waals surface area contributed by atoms with Crippen molar-refractivity contribution in [1.82, 2.24) is 4.98 Å². The molecule has 0 aliphatic carbocycles. The first kappa shape index (κ1) is 12.8. The third-order valence-corrected chi connectivity index (χ3v) is 3.08. The van der Waals surface area contributed by atoms with Gasteiger partial charge in [-0.2, -0.15) is 0 Å². The van der Waals surface area contributed by atoms with Crippen LogP contribution in [0, 0.1) is 0 Å². The van der Waals surface area contributed by atoms with Crippen molar-refractivity contribution in [1.29, 1.82) is 0 Å². The smallest absolute Gasteiger partial charge is 0.241 e. The number of fused-ring (bicyclic) bond motifs is 1. The van der Waals surface area contributed by atoms with Crippen molar-refractivity contribution in [2.24, 2.45) is 5.73 Å². The summed E-state index contributed by atoms with van der Waals surface area (Å²) in [5, 5.41) is 4.19. The highest BCUT2D eigenvalue weighted by Gasteiger charge is 2.13. The van der Waals surface area contributed by atoms with Crippen LogP contribution in [0.25, 0.3) is 10.9 Å². The average molecular weight is 264 g/mol. The number of hydrogen-bond donors (Lipinski definition) is 2. The van der Waals surface area contributed by atoms with Crippen LogP contribution in [0.5, 0.6) is 0 Å². The molecule has 94 valence electrons. The Labute approximate surface area is 110 Å². The summed E-state index contributed by atoms with van der Waals surface area (Å²) in [5.74, 6) is -0.216. The lowest BCUT2D eigenvalue weighted by Gasteiger charge is -2.12. The van der Waals surface area contributed by atoms with Crippen molar-refractivity contribution in [2.45, 2.75) is 19.4 Å². The second-order valence-electron chi connectivity index (χ2n) is 4.00. The molecular weight excluding hydrogens is 250 g/mol. The van der Waals surface area contributed by atoms with E-state index in [9.17, 15) is 4.79 Å². The average Bonchev–Trinajstić information content (AvgIpc) is 2.41. The zero-order valence-electron chi connectivity index (χ0n) is 9.98. The van der Waals surface area contributed by atoms with Crippen LogP contribution < -0.4 is 11.1 Å². The van der Waals surface area contributed by atoms with Gasteiger partial charge in [-0.1, -0.05) is 18.5 Å². The van der Waals surface area contributed by atoms with Gasteiger partial charge < -0.3 is 11.1 Å². The van der Waals surface area contributed by atoms with Crippen LogP contribution in [-0.2, 0) is 4.79 Å². The van der Waals surface area contributed by atoms with E-state index in [1.165, 1.54) is 0 Å². The van der Waals surface area contributed by atoms with Gasteiger partial charge in [0.15, 0.2) is 0 Å². The summed E-state index contributed by atoms with van der Waals surface area (Å²) in [6, 6.07) is 6.62. The summed E-state index contributed by atoms with van der Waals surface area (Å²) in [7, 11) is 0. The number of nitrogens with zero attached hydrogens (tertiary/aromatic N) is 1. The third kappa shape index (κ3) is 2.44. The molecule has 5 heteroatoms. The molecule has 3 N–H and O–H groups in total. The Morgan fingerprint density at radius 3 is 3.00 bits per heavy atom. The SMILES string of the molecule is CCC(N)C(=O)Nc1ccc(Cl)c2cccnc12. The van der Waals surface area contributed by atoms with Crippen LogP contribution >= 0.6 is 11.6 Å². The molecule has 0 aliphatic heterocycles. The van der Waals surface area contributed by atoms with Gasteiger partial charge in [0.05, 0.1) is 22.3 Å². The van der Waals surface area contributed by atoms with Crippen molar-refractivity contribution < 1.29 is 4.79 Å². The van der Waals surface area contributed by atoms with E-state index in [2.05, 4.69) is 10.3 Å². The molecule has 0 saturated heterocycles. The maximum absolute atomic E-state index is 11.8. The number of amides is 1. The fourth-order valence-corrected chi connectivity index (χ4v) is 1.87. The van der Waals surface area contributed by atoms with Gasteiger partial charge in [0.1, 0.15) is 0 Å². The van der Waals surface area contributed by atoms with Gasteiger partial charge in [0, 0.05) is 11.6 Å². The van der Waals surface area contributed by atoms with E-state index in [4.69, 9.17) is 17.3 Å². The second kappa shape index (κ2) is 5.33. The molecule has 0 saturated carbocycles. The number of pyridine rings is 1. The van der Waals surface area contributed by atoms with Gasteiger partial charge in [-0.15, -0.1) is 0 Å². The monoisotopic (exact) mass is 263 g/mol. The molecule has 1 aromatic carbocycles. The lowest BCUT2D eigenvalue weighted by molar-refractivity contribution is -0.117. The maximum atomic E-state index is 11.8. The molecule has 1 atom stereocenters. The number of rotatable bonds is 3. The van der Waals surface area contributed by atoms with Gasteiger partial charge in [-0.3, -0.25) is 9.78 Å². The van der Waals surface area contributed by atoms with Crippen molar-refractivity contribution in [2.75, 3.05) is 5.32 Å². The highest BCUT2D eigenvalue weighted by Crippen LogP contribution is 2.27. The van der Waals surface area contributed by atoms with Crippen LogP contribution in [0.1, 0.15) is 13.3 Å². The Kier molecular flexibility index (Phi) is 3.79. The summed E-state index contributed by atoms with van der Waals surface area (Å²) in [6.45, 7) is 1.86. The minimum atomic E-state index is -0.514. The first-order chi connectivity index (χ1) is 8.63. The predicted octanol–water partition coefficient (Wildman–Crippen LogP) is 2.56. The largest absolute Gasteiger partial charge is 0.323 e. The fraction of sp³-hybridized carbons (Fsp3) is 0.231. The van der Waals surface area contributed by atoms with Gasteiger partial charge in [0.25, 0.3) is 0 Å². The highest BCUT2D eigenvalue weighted by atomic mass is 35.5. The normalized spacial score (nSPS) is 12.4. The number of anilines is 1. The summed E-state index contributed by atoms with van der Waals surface area (Å²) in [6.07, 6.45) is 2.25. The second-order valence-corrected chi connectivity index (χ2v) is 4.41. The number of nitrogens with one attached hydrogen (secondary N) is 1. The van der Waals surface area contributed by atoms with E-state index in [-0.39, 0.29) is 5.91 Å². The quantitative estimate of drug-likeness (QED) is 0.894. The zero-order valence-corrected chi connectivity index (χ0v) is 10.7. The molecule has 1 aromatic heterocycles. The van der Waals surface area contributed by atoms with Gasteiger partial charge in [0.2, 0.25) is 5.91 Å². The van der Waals surface area contributed by atoms with Crippen LogP contribution in [0.4, 0.5) is 5.69 Å². The Bertz CT molecular complexity index is 585.